The molecule has 2 heterocycles. The standard InChI is InChI=1S/C30H45NO9S/c1-8-9-15-30-23(14-16-39-41(35,36)22-12-10-20(2)11-13-22)27(33)26(21(3)18-32)24(17-25(30)38-19-37-7)31(30)28(34)40-29(4,5)6/h10-13,18,21,23-26H,8-9,14-17,19H2,1-7H3/t21-,23+,24+,25+,26-,30+/m1/s1. The van der Waals surface area contributed by atoms with E-state index in [1.165, 1.54) is 19.2 Å². The van der Waals surface area contributed by atoms with Gasteiger partial charge in [-0.25, -0.2) is 4.79 Å². The minimum Gasteiger partial charge on any atom is -0.444 e. The van der Waals surface area contributed by atoms with Gasteiger partial charge in [0.2, 0.25) is 0 Å². The Morgan fingerprint density at radius 1 is 1.22 bits per heavy atom. The van der Waals surface area contributed by atoms with Gasteiger partial charge in [0, 0.05) is 30.9 Å². The van der Waals surface area contributed by atoms with Gasteiger partial charge in [-0.3, -0.25) is 13.9 Å². The fourth-order valence-electron chi connectivity index (χ4n) is 6.39. The Labute approximate surface area is 244 Å². The molecule has 1 aromatic carbocycles. The highest BCUT2D eigenvalue weighted by atomic mass is 32.2. The Kier molecular flexibility index (Phi) is 10.8. The van der Waals surface area contributed by atoms with Crippen LogP contribution < -0.4 is 0 Å². The van der Waals surface area contributed by atoms with Gasteiger partial charge in [-0.2, -0.15) is 8.42 Å². The number of carbonyl (C=O) groups excluding carboxylic acids is 3. The third-order valence-corrected chi connectivity index (χ3v) is 9.45. The van der Waals surface area contributed by atoms with Gasteiger partial charge >= 0.3 is 6.09 Å². The lowest BCUT2D eigenvalue weighted by molar-refractivity contribution is -0.159. The number of methoxy groups -OCH3 is 1. The van der Waals surface area contributed by atoms with Gasteiger partial charge in [-0.1, -0.05) is 44.4 Å². The van der Waals surface area contributed by atoms with E-state index < -0.39 is 57.3 Å². The molecule has 0 spiro atoms. The normalized spacial score (nSPS) is 27.1. The lowest BCUT2D eigenvalue weighted by atomic mass is 9.66. The summed E-state index contributed by atoms with van der Waals surface area (Å²) in [6, 6.07) is 5.69. The van der Waals surface area contributed by atoms with E-state index in [1.54, 1.807) is 44.7 Å². The number of carbonyl (C=O) groups is 3. The van der Waals surface area contributed by atoms with Crippen molar-refractivity contribution >= 4 is 28.3 Å². The summed E-state index contributed by atoms with van der Waals surface area (Å²) in [7, 11) is -2.59. The molecule has 6 atom stereocenters. The first kappa shape index (κ1) is 33.2. The monoisotopic (exact) mass is 595 g/mol. The van der Waals surface area contributed by atoms with Crippen molar-refractivity contribution in [2.75, 3.05) is 20.5 Å². The highest BCUT2D eigenvalue weighted by Gasteiger charge is 2.68. The average molecular weight is 596 g/mol. The second kappa shape index (κ2) is 13.3. The Balaban J connectivity index is 2.08. The van der Waals surface area contributed by atoms with Crippen molar-refractivity contribution in [3.8, 4) is 0 Å². The summed E-state index contributed by atoms with van der Waals surface area (Å²) in [5.41, 5.74) is -1.03. The minimum atomic E-state index is -4.09. The average Bonchev–Trinajstić information content (AvgIpc) is 3.17. The summed E-state index contributed by atoms with van der Waals surface area (Å²) < 4.78 is 48.6. The summed E-state index contributed by atoms with van der Waals surface area (Å²) in [6.45, 7) is 10.5. The molecular formula is C30H45NO9S. The van der Waals surface area contributed by atoms with Crippen molar-refractivity contribution in [2.24, 2.45) is 17.8 Å². The Morgan fingerprint density at radius 3 is 2.44 bits per heavy atom. The summed E-state index contributed by atoms with van der Waals surface area (Å²) in [6.07, 6.45) is 1.77. The first-order chi connectivity index (χ1) is 19.2. The number of ketones is 1. The Hall–Kier alpha value is -2.34. The van der Waals surface area contributed by atoms with Gasteiger partial charge in [-0.05, 0) is 59.1 Å². The number of aldehydes is 1. The summed E-state index contributed by atoms with van der Waals surface area (Å²) in [5.74, 6) is -2.53. The number of nitrogens with zero attached hydrogens (tertiary/aromatic N) is 1. The van der Waals surface area contributed by atoms with E-state index in [9.17, 15) is 22.8 Å². The molecule has 2 bridgehead atoms. The van der Waals surface area contributed by atoms with Crippen LogP contribution in [0.25, 0.3) is 0 Å². The van der Waals surface area contributed by atoms with E-state index in [-0.39, 0.29) is 30.5 Å². The van der Waals surface area contributed by atoms with Crippen molar-refractivity contribution in [3.05, 3.63) is 29.8 Å². The maximum atomic E-state index is 14.3. The van der Waals surface area contributed by atoms with Crippen LogP contribution in [0, 0.1) is 24.7 Å². The molecule has 0 saturated carbocycles. The van der Waals surface area contributed by atoms with Crippen LogP contribution in [-0.2, 0) is 38.1 Å². The van der Waals surface area contributed by atoms with E-state index in [0.29, 0.717) is 19.3 Å². The van der Waals surface area contributed by atoms with Crippen molar-refractivity contribution in [2.45, 2.75) is 102 Å². The van der Waals surface area contributed by atoms with E-state index in [2.05, 4.69) is 0 Å². The van der Waals surface area contributed by atoms with Gasteiger partial charge in [0.1, 0.15) is 24.5 Å². The van der Waals surface area contributed by atoms with Crippen LogP contribution in [0.2, 0.25) is 0 Å². The Morgan fingerprint density at radius 2 is 1.88 bits per heavy atom. The van der Waals surface area contributed by atoms with Gasteiger partial charge in [0.05, 0.1) is 23.1 Å². The third kappa shape index (κ3) is 7.01. The first-order valence-corrected chi connectivity index (χ1v) is 15.7. The highest BCUT2D eigenvalue weighted by Crippen LogP contribution is 2.55. The van der Waals surface area contributed by atoms with Gasteiger partial charge in [-0.15, -0.1) is 0 Å². The number of fused-ring (bicyclic) bond motifs is 2. The molecule has 3 rings (SSSR count). The maximum absolute atomic E-state index is 14.3. The largest absolute Gasteiger partial charge is 0.444 e. The van der Waals surface area contributed by atoms with Crippen LogP contribution in [-0.4, -0.2) is 75.3 Å². The SMILES string of the molecule is CCCC[C@@]12[C@@H](OCOC)C[C@@H]([C@@H]([C@H](C)C=O)C(=O)[C@@H]1CCOS(=O)(=O)c1ccc(C)cc1)N2C(=O)OC(C)(C)C. The quantitative estimate of drug-likeness (QED) is 0.182. The molecular weight excluding hydrogens is 550 g/mol. The van der Waals surface area contributed by atoms with E-state index in [0.717, 1.165) is 18.3 Å². The van der Waals surface area contributed by atoms with Gasteiger partial charge in [0.15, 0.2) is 0 Å². The fourth-order valence-corrected chi connectivity index (χ4v) is 7.31. The molecule has 2 fully saturated rings. The van der Waals surface area contributed by atoms with Crippen LogP contribution >= 0.6 is 0 Å². The summed E-state index contributed by atoms with van der Waals surface area (Å²) >= 11 is 0. The smallest absolute Gasteiger partial charge is 0.411 e. The van der Waals surface area contributed by atoms with Crippen molar-refractivity contribution in [1.82, 2.24) is 4.90 Å². The second-order valence-corrected chi connectivity index (χ2v) is 13.8. The molecule has 0 N–H and O–H groups in total. The molecule has 10 nitrogen and oxygen atoms in total. The number of piperidine rings is 1. The lowest BCUT2D eigenvalue weighted by Crippen LogP contribution is -2.68. The van der Waals surface area contributed by atoms with E-state index in [4.69, 9.17) is 18.4 Å². The number of rotatable bonds is 13. The maximum Gasteiger partial charge on any atom is 0.411 e. The molecule has 1 amide bonds. The Bertz CT molecular complexity index is 1180. The number of amides is 1. The number of aryl methyl sites for hydroxylation is 1. The van der Waals surface area contributed by atoms with Crippen molar-refractivity contribution < 1.29 is 41.2 Å². The predicted molar refractivity (Wildman–Crippen MR) is 152 cm³/mol. The fraction of sp³-hybridized carbons (Fsp3) is 0.700. The zero-order valence-electron chi connectivity index (χ0n) is 25.3. The second-order valence-electron chi connectivity index (χ2n) is 12.2. The third-order valence-electron chi connectivity index (χ3n) is 8.13. The first-order valence-electron chi connectivity index (χ1n) is 14.3. The van der Waals surface area contributed by atoms with Crippen molar-refractivity contribution in [1.29, 1.82) is 0 Å². The number of benzene rings is 1. The molecule has 1 aromatic rings. The number of Topliss-reactive ketones (excluding diaryl/α,β-unsaturated/α-hetero) is 1. The molecule has 2 aliphatic heterocycles. The van der Waals surface area contributed by atoms with Gasteiger partial charge < -0.3 is 19.0 Å². The molecule has 0 unspecified atom stereocenters. The topological polar surface area (TPSA) is 126 Å². The molecule has 0 radical (unpaired) electrons. The number of unbranched alkanes of at least 4 members (excludes halogenated alkanes) is 1. The summed E-state index contributed by atoms with van der Waals surface area (Å²) in [4.78, 5) is 41.9. The minimum absolute atomic E-state index is 0.00851. The molecule has 2 saturated heterocycles. The van der Waals surface area contributed by atoms with Crippen LogP contribution in [0.3, 0.4) is 0 Å². The number of hydrogen-bond donors (Lipinski definition) is 0. The molecule has 0 aliphatic carbocycles. The van der Waals surface area contributed by atoms with Crippen LogP contribution in [0.4, 0.5) is 4.79 Å². The van der Waals surface area contributed by atoms with Gasteiger partial charge in [0.25, 0.3) is 10.1 Å². The van der Waals surface area contributed by atoms with Crippen molar-refractivity contribution in [3.63, 3.8) is 0 Å². The lowest BCUT2D eigenvalue weighted by Gasteiger charge is -2.53. The number of ether oxygens (including phenoxy) is 3. The molecule has 0 aromatic heterocycles. The highest BCUT2D eigenvalue weighted by molar-refractivity contribution is 7.86. The zero-order valence-corrected chi connectivity index (χ0v) is 26.1. The van der Waals surface area contributed by atoms with Crippen LogP contribution in [0.5, 0.6) is 0 Å². The van der Waals surface area contributed by atoms with E-state index >= 15 is 0 Å². The summed E-state index contributed by atoms with van der Waals surface area (Å²) in [5, 5.41) is 0. The van der Waals surface area contributed by atoms with Crippen LogP contribution in [0.15, 0.2) is 29.2 Å². The van der Waals surface area contributed by atoms with E-state index in [1.807, 2.05) is 13.8 Å². The molecule has 41 heavy (non-hydrogen) atoms. The van der Waals surface area contributed by atoms with Crippen LogP contribution in [0.1, 0.15) is 72.3 Å². The molecule has 2 aliphatic rings. The number of hydrogen-bond acceptors (Lipinski definition) is 9. The predicted octanol–water partition coefficient (Wildman–Crippen LogP) is 4.67. The molecule has 230 valence electrons. The zero-order chi connectivity index (χ0) is 30.6. The molecule has 11 heteroatoms.